The first kappa shape index (κ1) is 10.9. The van der Waals surface area contributed by atoms with Crippen molar-refractivity contribution >= 4 is 11.7 Å². The molecule has 0 aromatic heterocycles. The molecule has 0 radical (unpaired) electrons. The molecule has 1 aromatic rings. The van der Waals surface area contributed by atoms with Crippen LogP contribution in [-0.4, -0.2) is 27.3 Å². The van der Waals surface area contributed by atoms with Crippen LogP contribution < -0.4 is 10.2 Å². The number of nitrogens with one attached hydrogen (secondary N) is 1. The van der Waals surface area contributed by atoms with Crippen molar-refractivity contribution in [3.05, 3.63) is 29.8 Å². The molecule has 0 spiro atoms. The van der Waals surface area contributed by atoms with E-state index < -0.39 is 5.91 Å². The number of fused-ring (bicyclic) bond motifs is 1. The van der Waals surface area contributed by atoms with Crippen molar-refractivity contribution in [2.24, 2.45) is 0 Å². The summed E-state index contributed by atoms with van der Waals surface area (Å²) in [6.07, 6.45) is 0. The van der Waals surface area contributed by atoms with Crippen LogP contribution in [-0.2, 0) is 15.4 Å². The summed E-state index contributed by atoms with van der Waals surface area (Å²) in [4.78, 5) is 13.3. The third-order valence-corrected chi connectivity index (χ3v) is 2.77. The standard InChI is InChI=1S/C11H14N2O3/c1-13-9-7-5-4-6-8(9)11(15-2,16-3)12-10(13)14/h4-7H,1-3H3,(H,12,14). The van der Waals surface area contributed by atoms with E-state index in [-0.39, 0.29) is 6.03 Å². The molecule has 86 valence electrons. The number of rotatable bonds is 2. The monoisotopic (exact) mass is 222 g/mol. The molecule has 1 N–H and O–H groups in total. The Bertz CT molecular complexity index is 415. The highest BCUT2D eigenvalue weighted by atomic mass is 16.7. The number of anilines is 1. The van der Waals surface area contributed by atoms with Crippen LogP contribution in [0.4, 0.5) is 10.5 Å². The fourth-order valence-electron chi connectivity index (χ4n) is 1.85. The number of carbonyl (C=O) groups is 1. The zero-order valence-corrected chi connectivity index (χ0v) is 9.48. The number of urea groups is 1. The minimum Gasteiger partial charge on any atom is -0.332 e. The van der Waals surface area contributed by atoms with E-state index in [2.05, 4.69) is 5.32 Å². The van der Waals surface area contributed by atoms with Crippen molar-refractivity contribution in [1.82, 2.24) is 5.32 Å². The second-order valence-electron chi connectivity index (χ2n) is 3.53. The molecule has 0 unspecified atom stereocenters. The van der Waals surface area contributed by atoms with E-state index in [1.165, 1.54) is 19.1 Å². The Kier molecular flexibility index (Phi) is 2.57. The fourth-order valence-corrected chi connectivity index (χ4v) is 1.85. The molecule has 2 rings (SSSR count). The summed E-state index contributed by atoms with van der Waals surface area (Å²) in [5.41, 5.74) is 1.55. The molecule has 1 aliphatic rings. The van der Waals surface area contributed by atoms with Gasteiger partial charge in [0.1, 0.15) is 0 Å². The van der Waals surface area contributed by atoms with Crippen LogP contribution in [0.3, 0.4) is 0 Å². The SMILES string of the molecule is COC1(OC)NC(=O)N(C)c2ccccc21. The van der Waals surface area contributed by atoms with E-state index in [0.717, 1.165) is 11.3 Å². The Morgan fingerprint density at radius 3 is 2.50 bits per heavy atom. The average Bonchev–Trinajstić information content (AvgIpc) is 2.34. The molecule has 16 heavy (non-hydrogen) atoms. The van der Waals surface area contributed by atoms with Gasteiger partial charge < -0.3 is 9.47 Å². The maximum atomic E-state index is 11.7. The quantitative estimate of drug-likeness (QED) is 0.766. The molecule has 0 saturated heterocycles. The lowest BCUT2D eigenvalue weighted by Crippen LogP contribution is -2.57. The molecular weight excluding hydrogens is 208 g/mol. The third kappa shape index (κ3) is 1.36. The number of hydrogen-bond acceptors (Lipinski definition) is 3. The highest BCUT2D eigenvalue weighted by Crippen LogP contribution is 2.35. The van der Waals surface area contributed by atoms with Crippen molar-refractivity contribution in [2.45, 2.75) is 5.91 Å². The Balaban J connectivity index is 2.61. The van der Waals surface area contributed by atoms with Gasteiger partial charge >= 0.3 is 6.03 Å². The average molecular weight is 222 g/mol. The minimum atomic E-state index is -1.19. The maximum absolute atomic E-state index is 11.7. The van der Waals surface area contributed by atoms with Gasteiger partial charge in [-0.3, -0.25) is 10.2 Å². The fraction of sp³-hybridized carbons (Fsp3) is 0.364. The number of benzene rings is 1. The molecule has 5 heteroatoms. The Labute approximate surface area is 93.9 Å². The molecule has 5 nitrogen and oxygen atoms in total. The normalized spacial score (nSPS) is 17.9. The van der Waals surface area contributed by atoms with Gasteiger partial charge in [-0.2, -0.15) is 0 Å². The number of para-hydroxylation sites is 1. The minimum absolute atomic E-state index is 0.262. The van der Waals surface area contributed by atoms with Crippen molar-refractivity contribution in [1.29, 1.82) is 0 Å². The van der Waals surface area contributed by atoms with Gasteiger partial charge in [-0.05, 0) is 12.1 Å². The van der Waals surface area contributed by atoms with Crippen molar-refractivity contribution in [3.63, 3.8) is 0 Å². The number of ether oxygens (including phenoxy) is 2. The molecule has 1 heterocycles. The first-order chi connectivity index (χ1) is 7.64. The first-order valence-corrected chi connectivity index (χ1v) is 4.90. The predicted octanol–water partition coefficient (Wildman–Crippen LogP) is 1.25. The van der Waals surface area contributed by atoms with E-state index in [0.29, 0.717) is 0 Å². The summed E-state index contributed by atoms with van der Waals surface area (Å²) in [5.74, 6) is -1.19. The molecule has 0 bridgehead atoms. The Hall–Kier alpha value is -1.59. The van der Waals surface area contributed by atoms with Crippen LogP contribution >= 0.6 is 0 Å². The Morgan fingerprint density at radius 1 is 1.25 bits per heavy atom. The highest BCUT2D eigenvalue weighted by molar-refractivity contribution is 5.95. The number of nitrogens with zero attached hydrogens (tertiary/aromatic N) is 1. The predicted molar refractivity (Wildman–Crippen MR) is 59.1 cm³/mol. The lowest BCUT2D eigenvalue weighted by molar-refractivity contribution is -0.229. The van der Waals surface area contributed by atoms with E-state index in [9.17, 15) is 4.79 Å². The van der Waals surface area contributed by atoms with Gasteiger partial charge in [0.05, 0.1) is 11.3 Å². The van der Waals surface area contributed by atoms with Gasteiger partial charge in [-0.1, -0.05) is 12.1 Å². The van der Waals surface area contributed by atoms with Crippen LogP contribution in [0, 0.1) is 0 Å². The van der Waals surface area contributed by atoms with E-state index >= 15 is 0 Å². The number of methoxy groups -OCH3 is 2. The smallest absolute Gasteiger partial charge is 0.326 e. The zero-order valence-electron chi connectivity index (χ0n) is 9.48. The molecule has 0 aliphatic carbocycles. The Morgan fingerprint density at radius 2 is 1.88 bits per heavy atom. The number of hydrogen-bond donors (Lipinski definition) is 1. The van der Waals surface area contributed by atoms with E-state index in [4.69, 9.17) is 9.47 Å². The number of carbonyl (C=O) groups excluding carboxylic acids is 1. The molecule has 0 atom stereocenters. The van der Waals surface area contributed by atoms with Crippen LogP contribution in [0.2, 0.25) is 0 Å². The zero-order chi connectivity index (χ0) is 11.8. The molecule has 2 amide bonds. The summed E-state index contributed by atoms with van der Waals surface area (Å²) in [6, 6.07) is 7.18. The van der Waals surface area contributed by atoms with Gasteiger partial charge in [0.25, 0.3) is 5.91 Å². The summed E-state index contributed by atoms with van der Waals surface area (Å²) >= 11 is 0. The lowest BCUT2D eigenvalue weighted by Gasteiger charge is -2.39. The molecule has 1 aliphatic heterocycles. The largest absolute Gasteiger partial charge is 0.332 e. The maximum Gasteiger partial charge on any atom is 0.326 e. The van der Waals surface area contributed by atoms with Crippen LogP contribution in [0.1, 0.15) is 5.56 Å². The van der Waals surface area contributed by atoms with E-state index in [1.54, 1.807) is 7.05 Å². The third-order valence-electron chi connectivity index (χ3n) is 2.77. The molecular formula is C11H14N2O3. The highest BCUT2D eigenvalue weighted by Gasteiger charge is 2.42. The topological polar surface area (TPSA) is 50.8 Å². The van der Waals surface area contributed by atoms with Crippen molar-refractivity contribution in [2.75, 3.05) is 26.2 Å². The van der Waals surface area contributed by atoms with Crippen LogP contribution in [0.5, 0.6) is 0 Å². The lowest BCUT2D eigenvalue weighted by atomic mass is 10.1. The van der Waals surface area contributed by atoms with Crippen molar-refractivity contribution < 1.29 is 14.3 Å². The van der Waals surface area contributed by atoms with E-state index in [1.807, 2.05) is 24.3 Å². The summed E-state index contributed by atoms with van der Waals surface area (Å²) in [6.45, 7) is 0. The van der Waals surface area contributed by atoms with Gasteiger partial charge in [-0.15, -0.1) is 0 Å². The summed E-state index contributed by atoms with van der Waals surface area (Å²) in [5, 5.41) is 2.68. The molecule has 1 aromatic carbocycles. The first-order valence-electron chi connectivity index (χ1n) is 4.90. The summed E-state index contributed by atoms with van der Waals surface area (Å²) in [7, 11) is 4.68. The molecule has 0 fully saturated rings. The van der Waals surface area contributed by atoms with Gasteiger partial charge in [-0.25, -0.2) is 4.79 Å². The van der Waals surface area contributed by atoms with Gasteiger partial charge in [0.15, 0.2) is 0 Å². The van der Waals surface area contributed by atoms with Crippen LogP contribution in [0.25, 0.3) is 0 Å². The number of amides is 2. The van der Waals surface area contributed by atoms with Crippen molar-refractivity contribution in [3.8, 4) is 0 Å². The van der Waals surface area contributed by atoms with Gasteiger partial charge in [0, 0.05) is 21.3 Å². The molecule has 0 saturated carbocycles. The van der Waals surface area contributed by atoms with Gasteiger partial charge in [0.2, 0.25) is 0 Å². The second kappa shape index (κ2) is 3.77. The second-order valence-corrected chi connectivity index (χ2v) is 3.53. The summed E-state index contributed by atoms with van der Waals surface area (Å²) < 4.78 is 10.6. The van der Waals surface area contributed by atoms with Crippen LogP contribution in [0.15, 0.2) is 24.3 Å².